The van der Waals surface area contributed by atoms with Crippen molar-refractivity contribution in [3.05, 3.63) is 83.4 Å². The molecule has 3 rings (SSSR count). The first-order chi connectivity index (χ1) is 17.7. The highest BCUT2D eigenvalue weighted by Gasteiger charge is 2.18. The largest absolute Gasteiger partial charge is 0.451 e. The zero-order valence-electron chi connectivity index (χ0n) is 19.4. The van der Waals surface area contributed by atoms with E-state index in [4.69, 9.17) is 20.8 Å². The molecule has 6 N–H and O–H groups in total. The summed E-state index contributed by atoms with van der Waals surface area (Å²) < 4.78 is 93.5. The molecule has 0 spiro atoms. The molecule has 0 saturated heterocycles. The Labute approximate surface area is 216 Å². The van der Waals surface area contributed by atoms with Crippen molar-refractivity contribution in [2.24, 2.45) is 16.5 Å². The molecule has 1 amide bonds. The summed E-state index contributed by atoms with van der Waals surface area (Å²) in [4.78, 5) is 14.3. The Balaban J connectivity index is 1.79. The lowest BCUT2D eigenvalue weighted by molar-refractivity contribution is -0.114. The quantitative estimate of drug-likeness (QED) is 0.137. The Bertz CT molecular complexity index is 1650. The number of carbonyl (C=O) groups excluding carboxylic acids is 1. The number of carbonyl (C=O) groups is 1. The van der Waals surface area contributed by atoms with Crippen LogP contribution in [-0.2, 0) is 24.9 Å². The Morgan fingerprint density at radius 2 is 1.58 bits per heavy atom. The molecular formula is C23H20F2N4O7S2. The van der Waals surface area contributed by atoms with E-state index < -0.39 is 54.3 Å². The molecule has 0 unspecified atom stereocenters. The van der Waals surface area contributed by atoms with E-state index >= 15 is 0 Å². The Morgan fingerprint density at radius 1 is 0.974 bits per heavy atom. The molecular weight excluding hydrogens is 546 g/mol. The minimum absolute atomic E-state index is 0.00502. The molecule has 0 aromatic heterocycles. The molecule has 0 aliphatic heterocycles. The van der Waals surface area contributed by atoms with Crippen LogP contribution in [0.4, 0.5) is 14.5 Å². The highest BCUT2D eigenvalue weighted by Crippen LogP contribution is 2.30. The van der Waals surface area contributed by atoms with E-state index in [1.54, 1.807) is 0 Å². The van der Waals surface area contributed by atoms with Crippen molar-refractivity contribution < 1.29 is 39.7 Å². The number of aliphatic imine (C=N–C) groups is 1. The Kier molecular flexibility index (Phi) is 8.14. The van der Waals surface area contributed by atoms with Crippen LogP contribution in [0.3, 0.4) is 0 Å². The van der Waals surface area contributed by atoms with Crippen LogP contribution in [0.1, 0.15) is 12.5 Å². The third-order valence-electron chi connectivity index (χ3n) is 4.71. The third kappa shape index (κ3) is 7.12. The average molecular weight is 567 g/mol. The number of nitrogens with zero attached hydrogens (tertiary/aromatic N) is 1. The van der Waals surface area contributed by atoms with E-state index in [0.29, 0.717) is 0 Å². The summed E-state index contributed by atoms with van der Waals surface area (Å²) in [5.74, 6) is -4.33. The van der Waals surface area contributed by atoms with Crippen LogP contribution < -0.4 is 20.9 Å². The van der Waals surface area contributed by atoms with Crippen LogP contribution in [0.25, 0.3) is 6.08 Å². The fourth-order valence-electron chi connectivity index (χ4n) is 3.02. The maximum atomic E-state index is 14.6. The third-order valence-corrected chi connectivity index (χ3v) is 6.96. The van der Waals surface area contributed by atoms with E-state index in [-0.39, 0.29) is 27.5 Å². The molecule has 38 heavy (non-hydrogen) atoms. The molecule has 0 aliphatic carbocycles. The summed E-state index contributed by atoms with van der Waals surface area (Å²) in [6.45, 7) is 1.35. The van der Waals surface area contributed by atoms with Crippen LogP contribution in [0.15, 0.2) is 81.0 Å². The van der Waals surface area contributed by atoms with Crippen molar-refractivity contribution in [3.63, 3.8) is 0 Å². The fraction of sp³-hybridized carbons (Fsp3) is 0.0435. The van der Waals surface area contributed by atoms with Gasteiger partial charge in [0.1, 0.15) is 5.75 Å². The van der Waals surface area contributed by atoms with Crippen LogP contribution in [0, 0.1) is 11.6 Å². The summed E-state index contributed by atoms with van der Waals surface area (Å²) in [7, 11) is -8.75. The van der Waals surface area contributed by atoms with Crippen LogP contribution in [-0.4, -0.2) is 33.3 Å². The molecule has 0 fully saturated rings. The van der Waals surface area contributed by atoms with E-state index in [2.05, 4.69) is 9.71 Å². The van der Waals surface area contributed by atoms with Gasteiger partial charge < -0.3 is 16.2 Å². The number of benzene rings is 3. The van der Waals surface area contributed by atoms with Crippen molar-refractivity contribution in [2.45, 2.75) is 16.7 Å². The van der Waals surface area contributed by atoms with Crippen molar-refractivity contribution in [3.8, 4) is 11.5 Å². The Hall–Kier alpha value is -4.34. The van der Waals surface area contributed by atoms with Crippen LogP contribution >= 0.6 is 0 Å². The number of nitrogens with two attached hydrogens (primary N) is 2. The number of sulfonamides is 1. The molecule has 0 saturated carbocycles. The van der Waals surface area contributed by atoms with E-state index in [1.807, 2.05) is 0 Å². The summed E-state index contributed by atoms with van der Waals surface area (Å²) in [6.07, 6.45) is 1.17. The van der Waals surface area contributed by atoms with Gasteiger partial charge in [-0.15, -0.1) is 0 Å². The number of rotatable bonds is 8. The summed E-state index contributed by atoms with van der Waals surface area (Å²) in [5.41, 5.74) is 10.1. The van der Waals surface area contributed by atoms with Gasteiger partial charge in [0.2, 0.25) is 0 Å². The highest BCUT2D eigenvalue weighted by molar-refractivity contribution is 7.92. The molecule has 0 heterocycles. The maximum Gasteiger partial charge on any atom is 0.294 e. The highest BCUT2D eigenvalue weighted by atomic mass is 32.2. The number of guanidine groups is 1. The van der Waals surface area contributed by atoms with Gasteiger partial charge in [0.15, 0.2) is 23.3 Å². The van der Waals surface area contributed by atoms with Gasteiger partial charge >= 0.3 is 0 Å². The number of hydrogen-bond acceptors (Lipinski definition) is 6. The molecule has 0 atom stereocenters. The predicted molar refractivity (Wildman–Crippen MR) is 134 cm³/mol. The van der Waals surface area contributed by atoms with Gasteiger partial charge in [-0.25, -0.2) is 17.2 Å². The zero-order valence-corrected chi connectivity index (χ0v) is 21.1. The molecule has 3 aromatic carbocycles. The summed E-state index contributed by atoms with van der Waals surface area (Å²) in [5, 5.41) is 0. The average Bonchev–Trinajstić information content (AvgIpc) is 2.80. The van der Waals surface area contributed by atoms with Gasteiger partial charge in [-0.2, -0.15) is 13.4 Å². The molecule has 200 valence electrons. The second-order valence-electron chi connectivity index (χ2n) is 7.66. The van der Waals surface area contributed by atoms with Crippen LogP contribution in [0.2, 0.25) is 0 Å². The monoisotopic (exact) mass is 566 g/mol. The van der Waals surface area contributed by atoms with E-state index in [0.717, 1.165) is 48.5 Å². The number of halogens is 2. The smallest absolute Gasteiger partial charge is 0.294 e. The fourth-order valence-corrected chi connectivity index (χ4v) is 4.59. The standard InChI is InChI=1S/C23H20F2N4O7S2/c1-13(22(30)28-23(26)27)9-14-10-19(24)21(20(25)11-14)36-16-5-7-17(8-6-16)37(31,32)29-15-3-2-4-18(12-15)38(33,34)35/h2-12,29H,1H3,(H,33,34,35)(H4,26,27,28,30)/b13-9+. The summed E-state index contributed by atoms with van der Waals surface area (Å²) >= 11 is 0. The minimum atomic E-state index is -4.55. The molecule has 0 radical (unpaired) electrons. The van der Waals surface area contributed by atoms with E-state index in [9.17, 15) is 30.4 Å². The van der Waals surface area contributed by atoms with Crippen molar-refractivity contribution in [2.75, 3.05) is 4.72 Å². The minimum Gasteiger partial charge on any atom is -0.451 e. The van der Waals surface area contributed by atoms with Gasteiger partial charge in [-0.1, -0.05) is 6.07 Å². The topological polar surface area (TPSA) is 191 Å². The first-order valence-corrected chi connectivity index (χ1v) is 13.3. The van der Waals surface area contributed by atoms with Gasteiger partial charge in [0.05, 0.1) is 15.5 Å². The van der Waals surface area contributed by atoms with Crippen molar-refractivity contribution >= 4 is 43.8 Å². The molecule has 11 nitrogen and oxygen atoms in total. The molecule has 3 aromatic rings. The summed E-state index contributed by atoms with van der Waals surface area (Å²) in [6, 6.07) is 10.8. The van der Waals surface area contributed by atoms with Gasteiger partial charge in [0, 0.05) is 5.57 Å². The lowest BCUT2D eigenvalue weighted by Crippen LogP contribution is -2.24. The van der Waals surface area contributed by atoms with Gasteiger partial charge in [-0.3, -0.25) is 14.1 Å². The number of amides is 1. The Morgan fingerprint density at radius 3 is 2.13 bits per heavy atom. The lowest BCUT2D eigenvalue weighted by atomic mass is 10.1. The number of ether oxygens (including phenoxy) is 1. The second kappa shape index (κ2) is 11.0. The predicted octanol–water partition coefficient (Wildman–Crippen LogP) is 3.01. The van der Waals surface area contributed by atoms with E-state index in [1.165, 1.54) is 25.1 Å². The maximum absolute atomic E-state index is 14.6. The second-order valence-corrected chi connectivity index (χ2v) is 10.8. The molecule has 15 heteroatoms. The number of hydrogen-bond donors (Lipinski definition) is 4. The lowest BCUT2D eigenvalue weighted by Gasteiger charge is -2.11. The zero-order chi connectivity index (χ0) is 28.3. The van der Waals surface area contributed by atoms with Gasteiger partial charge in [0.25, 0.3) is 26.0 Å². The first kappa shape index (κ1) is 28.2. The van der Waals surface area contributed by atoms with Crippen molar-refractivity contribution in [1.82, 2.24) is 0 Å². The number of nitrogens with one attached hydrogen (secondary N) is 1. The van der Waals surface area contributed by atoms with Crippen molar-refractivity contribution in [1.29, 1.82) is 0 Å². The normalized spacial score (nSPS) is 12.1. The molecule has 0 bridgehead atoms. The number of anilines is 1. The van der Waals surface area contributed by atoms with Gasteiger partial charge in [-0.05, 0) is 73.2 Å². The SMILES string of the molecule is C/C(=C\c1cc(F)c(Oc2ccc(S(=O)(=O)Nc3cccc(S(=O)(=O)O)c3)cc2)c(F)c1)C(=O)N=C(N)N. The molecule has 0 aliphatic rings. The first-order valence-electron chi connectivity index (χ1n) is 10.4. The van der Waals surface area contributed by atoms with Crippen LogP contribution in [0.5, 0.6) is 11.5 Å².